The lowest BCUT2D eigenvalue weighted by atomic mass is 10.2. The van der Waals surface area contributed by atoms with Gasteiger partial charge in [-0.1, -0.05) is 35.3 Å². The number of hydrazine groups is 1. The zero-order valence-corrected chi connectivity index (χ0v) is 15.3. The highest BCUT2D eigenvalue weighted by atomic mass is 35.5. The van der Waals surface area contributed by atoms with Gasteiger partial charge in [-0.05, 0) is 24.3 Å². The lowest BCUT2D eigenvalue weighted by Gasteiger charge is -2.10. The molecular weight excluding hydrogens is 390 g/mol. The van der Waals surface area contributed by atoms with Crippen LogP contribution in [0.5, 0.6) is 5.75 Å². The molecule has 25 heavy (non-hydrogen) atoms. The van der Waals surface area contributed by atoms with Gasteiger partial charge >= 0.3 is 0 Å². The van der Waals surface area contributed by atoms with Gasteiger partial charge in [-0.25, -0.2) is 4.39 Å². The Morgan fingerprint density at radius 3 is 2.40 bits per heavy atom. The number of ether oxygens (including phenoxy) is 1. The lowest BCUT2D eigenvalue weighted by Crippen LogP contribution is -2.42. The number of benzene rings is 2. The summed E-state index contributed by atoms with van der Waals surface area (Å²) in [7, 11) is 1.40. The summed E-state index contributed by atoms with van der Waals surface area (Å²) in [5.74, 6) is -1.31. The molecule has 0 aliphatic carbocycles. The molecule has 0 saturated carbocycles. The molecule has 132 valence electrons. The second-order valence-corrected chi connectivity index (χ2v) is 6.53. The summed E-state index contributed by atoms with van der Waals surface area (Å²) in [6.07, 6.45) is 0. The molecule has 2 aromatic rings. The predicted molar refractivity (Wildman–Crippen MR) is 95.7 cm³/mol. The van der Waals surface area contributed by atoms with Crippen LogP contribution in [0.25, 0.3) is 0 Å². The molecule has 0 radical (unpaired) electrons. The van der Waals surface area contributed by atoms with Crippen LogP contribution in [0.3, 0.4) is 0 Å². The smallest absolute Gasteiger partial charge is 0.269 e. The summed E-state index contributed by atoms with van der Waals surface area (Å²) < 4.78 is 18.4. The van der Waals surface area contributed by atoms with Gasteiger partial charge in [-0.2, -0.15) is 0 Å². The van der Waals surface area contributed by atoms with Crippen LogP contribution in [-0.4, -0.2) is 24.7 Å². The fourth-order valence-electron chi connectivity index (χ4n) is 1.83. The first-order valence-electron chi connectivity index (χ1n) is 6.92. The highest BCUT2D eigenvalue weighted by Crippen LogP contribution is 2.33. The lowest BCUT2D eigenvalue weighted by molar-refractivity contribution is -0.119. The molecule has 0 aliphatic rings. The summed E-state index contributed by atoms with van der Waals surface area (Å²) in [5, 5.41) is 0.336. The summed E-state index contributed by atoms with van der Waals surface area (Å²) in [4.78, 5) is 24.1. The third-order valence-corrected chi connectivity index (χ3v) is 4.59. The van der Waals surface area contributed by atoms with Gasteiger partial charge in [0.25, 0.3) is 5.91 Å². The van der Waals surface area contributed by atoms with E-state index in [0.717, 1.165) is 11.8 Å². The Morgan fingerprint density at radius 2 is 1.80 bits per heavy atom. The van der Waals surface area contributed by atoms with Crippen molar-refractivity contribution in [2.75, 3.05) is 12.9 Å². The summed E-state index contributed by atoms with van der Waals surface area (Å²) >= 11 is 12.9. The van der Waals surface area contributed by atoms with Gasteiger partial charge in [0.05, 0.1) is 22.9 Å². The third-order valence-electron chi connectivity index (χ3n) is 2.98. The predicted octanol–water partition coefficient (Wildman–Crippen LogP) is 3.69. The zero-order valence-electron chi connectivity index (χ0n) is 12.9. The Hall–Kier alpha value is -1.96. The van der Waals surface area contributed by atoms with Gasteiger partial charge < -0.3 is 4.74 Å². The standard InChI is InChI=1S/C16H13Cl2FN2O3S/c1-24-15-10(17)6-9(7-11(15)18)16(23)21-20-14(22)8-25-13-5-3-2-4-12(13)19/h2-7H,8H2,1H3,(H,20,22)(H,21,23). The fraction of sp³-hybridized carbons (Fsp3) is 0.125. The number of nitrogens with one attached hydrogen (secondary N) is 2. The summed E-state index contributed by atoms with van der Waals surface area (Å²) in [6, 6.07) is 8.82. The first kappa shape index (κ1) is 19.4. The number of hydrogen-bond donors (Lipinski definition) is 2. The average molecular weight is 403 g/mol. The SMILES string of the molecule is COc1c(Cl)cc(C(=O)NNC(=O)CSc2ccccc2F)cc1Cl. The van der Waals surface area contributed by atoms with E-state index < -0.39 is 17.6 Å². The molecule has 0 atom stereocenters. The molecule has 0 aromatic heterocycles. The number of thioether (sulfide) groups is 1. The van der Waals surface area contributed by atoms with Crippen LogP contribution in [0.2, 0.25) is 10.0 Å². The van der Waals surface area contributed by atoms with Crippen molar-refractivity contribution >= 4 is 46.8 Å². The summed E-state index contributed by atoms with van der Waals surface area (Å²) in [6.45, 7) is 0. The van der Waals surface area contributed by atoms with E-state index in [-0.39, 0.29) is 27.1 Å². The Labute approximate surface area is 157 Å². The number of amides is 2. The minimum absolute atomic E-state index is 0.0641. The molecule has 2 rings (SSSR count). The molecule has 5 nitrogen and oxygen atoms in total. The first-order valence-corrected chi connectivity index (χ1v) is 8.66. The van der Waals surface area contributed by atoms with E-state index in [9.17, 15) is 14.0 Å². The molecular formula is C16H13Cl2FN2O3S. The Bertz CT molecular complexity index is 782. The van der Waals surface area contributed by atoms with Gasteiger partial charge in [-0.3, -0.25) is 20.4 Å². The second kappa shape index (κ2) is 8.94. The Kier molecular flexibility index (Phi) is 6.92. The van der Waals surface area contributed by atoms with E-state index >= 15 is 0 Å². The average Bonchev–Trinajstić information content (AvgIpc) is 2.58. The van der Waals surface area contributed by atoms with Gasteiger partial charge in [0, 0.05) is 10.5 Å². The molecule has 0 unspecified atom stereocenters. The monoisotopic (exact) mass is 402 g/mol. The van der Waals surface area contributed by atoms with E-state index in [2.05, 4.69) is 10.9 Å². The zero-order chi connectivity index (χ0) is 18.4. The van der Waals surface area contributed by atoms with Crippen LogP contribution >= 0.6 is 35.0 Å². The molecule has 9 heteroatoms. The van der Waals surface area contributed by atoms with Crippen LogP contribution < -0.4 is 15.6 Å². The maximum absolute atomic E-state index is 13.5. The molecule has 2 amide bonds. The van der Waals surface area contributed by atoms with Crippen molar-refractivity contribution < 1.29 is 18.7 Å². The van der Waals surface area contributed by atoms with Crippen molar-refractivity contribution in [3.63, 3.8) is 0 Å². The van der Waals surface area contributed by atoms with Gasteiger partial charge in [0.1, 0.15) is 5.82 Å². The van der Waals surface area contributed by atoms with Gasteiger partial charge in [0.15, 0.2) is 5.75 Å². The van der Waals surface area contributed by atoms with E-state index in [0.29, 0.717) is 4.90 Å². The minimum Gasteiger partial charge on any atom is -0.494 e. The van der Waals surface area contributed by atoms with Crippen LogP contribution in [0.1, 0.15) is 10.4 Å². The highest BCUT2D eigenvalue weighted by Gasteiger charge is 2.14. The maximum atomic E-state index is 13.5. The minimum atomic E-state index is -0.601. The third kappa shape index (κ3) is 5.26. The normalized spacial score (nSPS) is 10.2. The van der Waals surface area contributed by atoms with E-state index in [1.54, 1.807) is 18.2 Å². The van der Waals surface area contributed by atoms with E-state index in [1.165, 1.54) is 25.3 Å². The van der Waals surface area contributed by atoms with Crippen LogP contribution in [-0.2, 0) is 4.79 Å². The Morgan fingerprint density at radius 1 is 1.16 bits per heavy atom. The molecule has 0 aliphatic heterocycles. The molecule has 0 spiro atoms. The number of carbonyl (C=O) groups excluding carboxylic acids is 2. The van der Waals surface area contributed by atoms with E-state index in [1.807, 2.05) is 0 Å². The largest absolute Gasteiger partial charge is 0.494 e. The molecule has 0 fully saturated rings. The van der Waals surface area contributed by atoms with Gasteiger partial charge in [0.2, 0.25) is 5.91 Å². The Balaban J connectivity index is 1.89. The molecule has 0 bridgehead atoms. The number of hydrogen-bond acceptors (Lipinski definition) is 4. The van der Waals surface area contributed by atoms with Crippen LogP contribution in [0.4, 0.5) is 4.39 Å². The van der Waals surface area contributed by atoms with E-state index in [4.69, 9.17) is 27.9 Å². The second-order valence-electron chi connectivity index (χ2n) is 4.69. The van der Waals surface area contributed by atoms with Crippen LogP contribution in [0.15, 0.2) is 41.3 Å². The number of carbonyl (C=O) groups is 2. The van der Waals surface area contributed by atoms with Crippen molar-refractivity contribution in [2.24, 2.45) is 0 Å². The maximum Gasteiger partial charge on any atom is 0.269 e. The molecule has 2 N–H and O–H groups in total. The number of methoxy groups -OCH3 is 1. The van der Waals surface area contributed by atoms with Crippen molar-refractivity contribution in [3.8, 4) is 5.75 Å². The quantitative estimate of drug-likeness (QED) is 0.590. The van der Waals surface area contributed by atoms with Crippen molar-refractivity contribution in [1.82, 2.24) is 10.9 Å². The summed E-state index contributed by atoms with van der Waals surface area (Å²) in [5.41, 5.74) is 4.63. The highest BCUT2D eigenvalue weighted by molar-refractivity contribution is 8.00. The van der Waals surface area contributed by atoms with Gasteiger partial charge in [-0.15, -0.1) is 11.8 Å². The number of rotatable bonds is 5. The molecule has 0 saturated heterocycles. The topological polar surface area (TPSA) is 67.4 Å². The van der Waals surface area contributed by atoms with Crippen molar-refractivity contribution in [2.45, 2.75) is 4.90 Å². The van der Waals surface area contributed by atoms with Crippen LogP contribution in [0, 0.1) is 5.82 Å². The molecule has 0 heterocycles. The molecule has 2 aromatic carbocycles. The van der Waals surface area contributed by atoms with Crippen molar-refractivity contribution in [3.05, 3.63) is 57.8 Å². The first-order chi connectivity index (χ1) is 11.9. The fourth-order valence-corrected chi connectivity index (χ4v) is 3.21. The van der Waals surface area contributed by atoms with Crippen molar-refractivity contribution in [1.29, 1.82) is 0 Å². The number of halogens is 3.